The average molecular weight is 252 g/mol. The Hall–Kier alpha value is -1.26. The van der Waals surface area contributed by atoms with Gasteiger partial charge in [0.05, 0.1) is 10.4 Å². The van der Waals surface area contributed by atoms with Crippen LogP contribution in [-0.4, -0.2) is 30.7 Å². The minimum absolute atomic E-state index is 0.464. The molecular weight excluding hydrogens is 238 g/mol. The van der Waals surface area contributed by atoms with Crippen LogP contribution in [0.2, 0.25) is 5.02 Å². The molecule has 1 N–H and O–H groups in total. The molecule has 3 heterocycles. The van der Waals surface area contributed by atoms with Crippen molar-refractivity contribution in [3.63, 3.8) is 0 Å². The number of nitrogens with one attached hydrogen (secondary N) is 1. The van der Waals surface area contributed by atoms with Crippen LogP contribution in [-0.2, 0) is 0 Å². The summed E-state index contributed by atoms with van der Waals surface area (Å²) in [6.45, 7) is 5.02. The highest BCUT2D eigenvalue weighted by molar-refractivity contribution is 6.36. The molecule has 0 amide bonds. The van der Waals surface area contributed by atoms with Crippen LogP contribution in [0.1, 0.15) is 6.92 Å². The third kappa shape index (κ3) is 1.87. The summed E-state index contributed by atoms with van der Waals surface area (Å²) in [6, 6.07) is 2.31. The number of furan rings is 1. The second-order valence-corrected chi connectivity index (χ2v) is 4.80. The number of hydrogen-bond donors (Lipinski definition) is 1. The van der Waals surface area contributed by atoms with Crippen molar-refractivity contribution >= 4 is 28.4 Å². The summed E-state index contributed by atoms with van der Waals surface area (Å²) >= 11 is 6.16. The first-order chi connectivity index (χ1) is 8.25. The first-order valence-corrected chi connectivity index (χ1v) is 6.13. The molecular formula is C12H14ClN3O. The van der Waals surface area contributed by atoms with E-state index in [0.29, 0.717) is 11.1 Å². The molecule has 1 saturated heterocycles. The maximum absolute atomic E-state index is 6.16. The minimum Gasteiger partial charge on any atom is -0.463 e. The van der Waals surface area contributed by atoms with Crippen molar-refractivity contribution in [2.45, 2.75) is 13.0 Å². The molecule has 90 valence electrons. The molecule has 3 rings (SSSR count). The summed E-state index contributed by atoms with van der Waals surface area (Å²) in [4.78, 5) is 6.71. The second kappa shape index (κ2) is 4.20. The number of aromatic nitrogens is 1. The lowest BCUT2D eigenvalue weighted by Crippen LogP contribution is -2.49. The summed E-state index contributed by atoms with van der Waals surface area (Å²) < 4.78 is 5.39. The third-order valence-corrected chi connectivity index (χ3v) is 3.37. The largest absolute Gasteiger partial charge is 0.463 e. The molecule has 2 aromatic rings. The van der Waals surface area contributed by atoms with E-state index >= 15 is 0 Å². The van der Waals surface area contributed by atoms with Gasteiger partial charge in [-0.05, 0) is 13.0 Å². The van der Waals surface area contributed by atoms with Gasteiger partial charge in [0.15, 0.2) is 0 Å². The van der Waals surface area contributed by atoms with Crippen molar-refractivity contribution < 1.29 is 4.42 Å². The van der Waals surface area contributed by atoms with Gasteiger partial charge in [0, 0.05) is 31.9 Å². The Bertz CT molecular complexity index is 540. The second-order valence-electron chi connectivity index (χ2n) is 4.39. The summed E-state index contributed by atoms with van der Waals surface area (Å²) in [5.74, 6) is 0.926. The standard InChI is InChI=1S/C12H14ClN3O/c1-8-6-16(5-4-14-8)12-11-9(13)7-17-10(11)2-3-15-12/h2-3,7-8,14H,4-6H2,1H3. The molecule has 2 aromatic heterocycles. The molecule has 0 radical (unpaired) electrons. The zero-order valence-corrected chi connectivity index (χ0v) is 10.4. The maximum atomic E-state index is 6.16. The topological polar surface area (TPSA) is 41.3 Å². The highest BCUT2D eigenvalue weighted by Crippen LogP contribution is 2.32. The molecule has 1 aliphatic heterocycles. The zero-order chi connectivity index (χ0) is 11.8. The Labute approximate surface area is 105 Å². The Balaban J connectivity index is 2.07. The molecule has 1 unspecified atom stereocenters. The van der Waals surface area contributed by atoms with Crippen LogP contribution in [0.25, 0.3) is 11.0 Å². The monoisotopic (exact) mass is 251 g/mol. The van der Waals surface area contributed by atoms with Crippen molar-refractivity contribution in [2.75, 3.05) is 24.5 Å². The lowest BCUT2D eigenvalue weighted by molar-refractivity contribution is 0.483. The molecule has 5 heteroatoms. The zero-order valence-electron chi connectivity index (χ0n) is 9.61. The SMILES string of the molecule is CC1CN(c2nccc3occ(Cl)c23)CCN1. The van der Waals surface area contributed by atoms with E-state index in [1.165, 1.54) is 0 Å². The number of fused-ring (bicyclic) bond motifs is 1. The highest BCUT2D eigenvalue weighted by atomic mass is 35.5. The summed E-state index contributed by atoms with van der Waals surface area (Å²) in [5, 5.41) is 4.97. The fourth-order valence-electron chi connectivity index (χ4n) is 2.29. The quantitative estimate of drug-likeness (QED) is 0.844. The lowest BCUT2D eigenvalue weighted by atomic mass is 10.2. The van der Waals surface area contributed by atoms with Crippen molar-refractivity contribution in [1.82, 2.24) is 10.3 Å². The number of halogens is 1. The molecule has 0 aliphatic carbocycles. The lowest BCUT2D eigenvalue weighted by Gasteiger charge is -2.33. The minimum atomic E-state index is 0.464. The molecule has 0 aromatic carbocycles. The van der Waals surface area contributed by atoms with Gasteiger partial charge in [-0.1, -0.05) is 11.6 Å². The van der Waals surface area contributed by atoms with Gasteiger partial charge < -0.3 is 14.6 Å². The van der Waals surface area contributed by atoms with Crippen LogP contribution in [0.5, 0.6) is 0 Å². The van der Waals surface area contributed by atoms with Crippen LogP contribution in [0, 0.1) is 0 Å². The van der Waals surface area contributed by atoms with Crippen molar-refractivity contribution in [1.29, 1.82) is 0 Å². The van der Waals surface area contributed by atoms with Gasteiger partial charge in [-0.3, -0.25) is 0 Å². The first-order valence-electron chi connectivity index (χ1n) is 5.76. The molecule has 4 nitrogen and oxygen atoms in total. The maximum Gasteiger partial charge on any atom is 0.141 e. The number of pyridine rings is 1. The molecule has 1 fully saturated rings. The van der Waals surface area contributed by atoms with E-state index in [4.69, 9.17) is 16.0 Å². The van der Waals surface area contributed by atoms with Crippen molar-refractivity contribution in [2.24, 2.45) is 0 Å². The molecule has 17 heavy (non-hydrogen) atoms. The Kier molecular flexibility index (Phi) is 2.68. The Morgan fingerprint density at radius 2 is 2.47 bits per heavy atom. The van der Waals surface area contributed by atoms with Crippen molar-refractivity contribution in [3.05, 3.63) is 23.5 Å². The van der Waals surface area contributed by atoms with Gasteiger partial charge in [-0.2, -0.15) is 0 Å². The Morgan fingerprint density at radius 3 is 3.29 bits per heavy atom. The predicted octanol–water partition coefficient (Wildman–Crippen LogP) is 2.28. The molecule has 0 bridgehead atoms. The normalized spacial score (nSPS) is 21.1. The summed E-state index contributed by atoms with van der Waals surface area (Å²) in [6.07, 6.45) is 3.34. The Morgan fingerprint density at radius 1 is 1.59 bits per heavy atom. The van der Waals surface area contributed by atoms with Crippen LogP contribution in [0.3, 0.4) is 0 Å². The van der Waals surface area contributed by atoms with Crippen LogP contribution < -0.4 is 10.2 Å². The van der Waals surface area contributed by atoms with E-state index in [1.807, 2.05) is 6.07 Å². The van der Waals surface area contributed by atoms with E-state index in [-0.39, 0.29) is 0 Å². The summed E-state index contributed by atoms with van der Waals surface area (Å²) in [7, 11) is 0. The molecule has 1 aliphatic rings. The number of anilines is 1. The number of rotatable bonds is 1. The molecule has 0 saturated carbocycles. The fourth-order valence-corrected chi connectivity index (χ4v) is 2.52. The predicted molar refractivity (Wildman–Crippen MR) is 68.7 cm³/mol. The smallest absolute Gasteiger partial charge is 0.141 e. The van der Waals surface area contributed by atoms with Gasteiger partial charge in [0.1, 0.15) is 17.7 Å². The van der Waals surface area contributed by atoms with Gasteiger partial charge in [0.2, 0.25) is 0 Å². The van der Waals surface area contributed by atoms with E-state index in [2.05, 4.69) is 22.1 Å². The van der Waals surface area contributed by atoms with Gasteiger partial charge in [-0.15, -0.1) is 0 Å². The van der Waals surface area contributed by atoms with Crippen LogP contribution in [0.15, 0.2) is 22.9 Å². The van der Waals surface area contributed by atoms with Gasteiger partial charge in [0.25, 0.3) is 0 Å². The van der Waals surface area contributed by atoms with Gasteiger partial charge in [-0.25, -0.2) is 4.98 Å². The average Bonchev–Trinajstić information content (AvgIpc) is 2.71. The van der Waals surface area contributed by atoms with E-state index in [9.17, 15) is 0 Å². The van der Waals surface area contributed by atoms with Crippen molar-refractivity contribution in [3.8, 4) is 0 Å². The fraction of sp³-hybridized carbons (Fsp3) is 0.417. The van der Waals surface area contributed by atoms with Crippen LogP contribution in [0.4, 0.5) is 5.82 Å². The van der Waals surface area contributed by atoms with E-state index < -0.39 is 0 Å². The molecule has 0 spiro atoms. The highest BCUT2D eigenvalue weighted by Gasteiger charge is 2.20. The molecule has 1 atom stereocenters. The van der Waals surface area contributed by atoms with E-state index in [1.54, 1.807) is 12.5 Å². The third-order valence-electron chi connectivity index (χ3n) is 3.09. The van der Waals surface area contributed by atoms with Gasteiger partial charge >= 0.3 is 0 Å². The van der Waals surface area contributed by atoms with E-state index in [0.717, 1.165) is 36.4 Å². The number of hydrogen-bond acceptors (Lipinski definition) is 4. The first kappa shape index (κ1) is 10.9. The summed E-state index contributed by atoms with van der Waals surface area (Å²) in [5.41, 5.74) is 0.797. The number of piperazine rings is 1. The van der Waals surface area contributed by atoms with Crippen LogP contribution >= 0.6 is 11.6 Å². The number of nitrogens with zero attached hydrogens (tertiary/aromatic N) is 2.